The Hall–Kier alpha value is -2.48. The number of rotatable bonds is 29. The van der Waals surface area contributed by atoms with E-state index < -0.39 is 90.7 Å². The monoisotopic (exact) mass is 965 g/mol. The number of phosphoric acid groups is 3. The number of aliphatic hydroxyl groups is 3. The van der Waals surface area contributed by atoms with Crippen LogP contribution >= 0.6 is 35.2 Å². The number of ether oxygens (including phenoxy) is 1. The molecule has 0 spiro atoms. The van der Waals surface area contributed by atoms with Crippen LogP contribution in [-0.4, -0.2) is 134 Å². The number of imidazole rings is 1. The van der Waals surface area contributed by atoms with Gasteiger partial charge in [0.1, 0.15) is 42.4 Å². The summed E-state index contributed by atoms with van der Waals surface area (Å²) in [4.78, 5) is 88.1. The molecule has 3 rings (SSSR count). The van der Waals surface area contributed by atoms with Gasteiger partial charge in [0, 0.05) is 30.7 Å². The van der Waals surface area contributed by atoms with Crippen molar-refractivity contribution in [2.45, 2.75) is 122 Å². The number of hydrogen-bond acceptors (Lipinski definition) is 19. The van der Waals surface area contributed by atoms with E-state index in [0.29, 0.717) is 6.42 Å². The summed E-state index contributed by atoms with van der Waals surface area (Å²) >= 11 is 0.906. The molecule has 0 aromatic carbocycles. The molecule has 3 unspecified atom stereocenters. The van der Waals surface area contributed by atoms with Crippen LogP contribution in [0, 0.1) is 5.41 Å². The minimum Gasteiger partial charge on any atom is -0.386 e. The van der Waals surface area contributed by atoms with Gasteiger partial charge in [0.05, 0.1) is 19.5 Å². The average Bonchev–Trinajstić information content (AvgIpc) is 3.75. The Labute approximate surface area is 361 Å². The Balaban J connectivity index is 1.39. The zero-order valence-electron chi connectivity index (χ0n) is 34.5. The maximum absolute atomic E-state index is 12.7. The molecule has 0 bridgehead atoms. The van der Waals surface area contributed by atoms with Gasteiger partial charge in [-0.2, -0.15) is 4.31 Å². The fourth-order valence-corrected chi connectivity index (χ4v) is 9.51. The SMILES string of the molecule is CCCCCCCCCCC(O)C(=O)SCCNC(=O)CCNC(=O)[C@H](O)C(C)(C)COP(=O)(O)OP(=O)(O)OC[C@H]1O[C@@H](n2cnc3c(N)ncnc32)[C@H](O)[C@@H]1OP(=O)(O)O. The lowest BCUT2D eigenvalue weighted by molar-refractivity contribution is -0.137. The van der Waals surface area contributed by atoms with E-state index in [1.807, 2.05) is 0 Å². The van der Waals surface area contributed by atoms with Crippen molar-refractivity contribution in [3.63, 3.8) is 0 Å². The molecule has 1 fully saturated rings. The van der Waals surface area contributed by atoms with Gasteiger partial charge < -0.3 is 56.0 Å². The number of anilines is 1. The van der Waals surface area contributed by atoms with Crippen LogP contribution in [0.5, 0.6) is 0 Å². The van der Waals surface area contributed by atoms with E-state index in [-0.39, 0.29) is 47.4 Å². The minimum atomic E-state index is -5.58. The second kappa shape index (κ2) is 24.7. The number of nitrogens with two attached hydrogens (primary N) is 1. The summed E-state index contributed by atoms with van der Waals surface area (Å²) < 4.78 is 62.3. The molecule has 3 heterocycles. The molecular formula is C33H58N7O18P3S. The first kappa shape index (κ1) is 53.9. The van der Waals surface area contributed by atoms with Crippen molar-refractivity contribution in [1.82, 2.24) is 30.2 Å². The molecule has 2 aromatic rings. The second-order valence-corrected chi connectivity index (χ2v) is 20.4. The molecule has 1 aliphatic rings. The van der Waals surface area contributed by atoms with Crippen molar-refractivity contribution >= 4 is 69.1 Å². The van der Waals surface area contributed by atoms with Gasteiger partial charge >= 0.3 is 23.5 Å². The number of nitrogens with zero attached hydrogens (tertiary/aromatic N) is 4. The molecule has 2 amide bonds. The van der Waals surface area contributed by atoms with E-state index in [9.17, 15) is 63.0 Å². The van der Waals surface area contributed by atoms with Crippen LogP contribution in [0.1, 0.15) is 91.2 Å². The largest absolute Gasteiger partial charge is 0.481 e. The van der Waals surface area contributed by atoms with Crippen LogP contribution in [0.25, 0.3) is 11.2 Å². The third-order valence-electron chi connectivity index (χ3n) is 9.35. The zero-order chi connectivity index (χ0) is 46.3. The van der Waals surface area contributed by atoms with Crippen molar-refractivity contribution in [1.29, 1.82) is 0 Å². The molecule has 0 aliphatic carbocycles. The molecule has 1 saturated heterocycles. The number of unbranched alkanes of at least 4 members (excludes halogenated alkanes) is 7. The third kappa shape index (κ3) is 17.8. The summed E-state index contributed by atoms with van der Waals surface area (Å²) in [5.74, 6) is -1.29. The number of thioether (sulfide) groups is 1. The molecule has 354 valence electrons. The number of aliphatic hydroxyl groups excluding tert-OH is 3. The van der Waals surface area contributed by atoms with Crippen LogP contribution in [-0.2, 0) is 50.7 Å². The van der Waals surface area contributed by atoms with Crippen molar-refractivity contribution in [2.75, 3.05) is 37.8 Å². The fourth-order valence-electron chi connectivity index (χ4n) is 5.97. The molecule has 11 N–H and O–H groups in total. The number of nitrogens with one attached hydrogen (secondary N) is 2. The van der Waals surface area contributed by atoms with Gasteiger partial charge in [0.15, 0.2) is 17.7 Å². The molecule has 62 heavy (non-hydrogen) atoms. The third-order valence-corrected chi connectivity index (χ3v) is 13.4. The van der Waals surface area contributed by atoms with E-state index >= 15 is 0 Å². The first-order chi connectivity index (χ1) is 29.0. The van der Waals surface area contributed by atoms with Gasteiger partial charge in [-0.3, -0.25) is 32.5 Å². The number of fused-ring (bicyclic) bond motifs is 1. The normalized spacial score (nSPS) is 21.3. The number of carbonyl (C=O) groups excluding carboxylic acids is 3. The molecule has 29 heteroatoms. The van der Waals surface area contributed by atoms with E-state index in [1.165, 1.54) is 39.5 Å². The molecule has 0 radical (unpaired) electrons. The number of hydrogen-bond donors (Lipinski definition) is 10. The van der Waals surface area contributed by atoms with Crippen molar-refractivity contribution in [3.05, 3.63) is 12.7 Å². The molecular weight excluding hydrogens is 907 g/mol. The van der Waals surface area contributed by atoms with Gasteiger partial charge in [0.2, 0.25) is 16.9 Å². The average molecular weight is 966 g/mol. The highest BCUT2D eigenvalue weighted by Gasteiger charge is 2.50. The van der Waals surface area contributed by atoms with Gasteiger partial charge in [-0.1, -0.05) is 83.9 Å². The molecule has 2 aromatic heterocycles. The predicted octanol–water partition coefficient (Wildman–Crippen LogP) is 1.56. The van der Waals surface area contributed by atoms with Crippen molar-refractivity contribution in [2.24, 2.45) is 5.41 Å². The van der Waals surface area contributed by atoms with Crippen molar-refractivity contribution < 1.29 is 85.6 Å². The van der Waals surface area contributed by atoms with E-state index in [4.69, 9.17) is 19.5 Å². The standard InChI is InChI=1S/C33H58N7O18P3S/c1-4-5-6-7-8-9-10-11-12-21(41)32(46)62-16-15-35-23(42)13-14-36-30(45)27(44)33(2,3)18-55-61(52,53)58-60(50,51)54-17-22-26(57-59(47,48)49)25(43)31(56-22)40-20-39-24-28(34)37-19-38-29(24)40/h19-22,25-27,31,41,43-44H,4-18H2,1-3H3,(H,35,42)(H,36,45)(H,50,51)(H,52,53)(H2,34,37,38)(H2,47,48,49)/t21?,22-,25-,26-,27+,31-/m1/s1. The highest BCUT2D eigenvalue weighted by molar-refractivity contribution is 8.13. The summed E-state index contributed by atoms with van der Waals surface area (Å²) in [7, 11) is -16.4. The fraction of sp³-hybridized carbons (Fsp3) is 0.758. The van der Waals surface area contributed by atoms with Crippen molar-refractivity contribution in [3.8, 4) is 0 Å². The molecule has 1 aliphatic heterocycles. The topological polar surface area (TPSA) is 384 Å². The Morgan fingerprint density at radius 1 is 0.952 bits per heavy atom. The number of nitrogen functional groups attached to an aromatic ring is 1. The quantitative estimate of drug-likeness (QED) is 0.0408. The van der Waals surface area contributed by atoms with Crippen LogP contribution in [0.2, 0.25) is 0 Å². The van der Waals surface area contributed by atoms with Crippen LogP contribution in [0.3, 0.4) is 0 Å². The van der Waals surface area contributed by atoms with Gasteiger partial charge in [-0.25, -0.2) is 28.6 Å². The van der Waals surface area contributed by atoms with Crippen LogP contribution in [0.4, 0.5) is 5.82 Å². The summed E-state index contributed by atoms with van der Waals surface area (Å²) in [6, 6.07) is 0. The van der Waals surface area contributed by atoms with E-state index in [0.717, 1.165) is 54.7 Å². The summed E-state index contributed by atoms with van der Waals surface area (Å²) in [5, 5.41) is 36.2. The van der Waals surface area contributed by atoms with Gasteiger partial charge in [-0.05, 0) is 6.42 Å². The lowest BCUT2D eigenvalue weighted by atomic mass is 9.87. The Kier molecular flexibility index (Phi) is 21.5. The number of phosphoric ester groups is 3. The first-order valence-electron chi connectivity index (χ1n) is 19.7. The van der Waals surface area contributed by atoms with Gasteiger partial charge in [-0.15, -0.1) is 0 Å². The molecule has 8 atom stereocenters. The van der Waals surface area contributed by atoms with Crippen LogP contribution < -0.4 is 16.4 Å². The lowest BCUT2D eigenvalue weighted by Gasteiger charge is -2.30. The number of aromatic nitrogens is 4. The Morgan fingerprint density at radius 3 is 2.26 bits per heavy atom. The smallest absolute Gasteiger partial charge is 0.386 e. The summed E-state index contributed by atoms with van der Waals surface area (Å²) in [5.41, 5.74) is 4.24. The molecule has 0 saturated carbocycles. The maximum atomic E-state index is 12.7. The second-order valence-electron chi connectivity index (χ2n) is 15.0. The maximum Gasteiger partial charge on any atom is 0.481 e. The first-order valence-corrected chi connectivity index (χ1v) is 25.2. The van der Waals surface area contributed by atoms with E-state index in [1.54, 1.807) is 0 Å². The summed E-state index contributed by atoms with van der Waals surface area (Å²) in [6.07, 6.45) is 1.04. The Bertz CT molecular complexity index is 1920. The lowest BCUT2D eigenvalue weighted by Crippen LogP contribution is -2.46. The molecule has 25 nitrogen and oxygen atoms in total. The minimum absolute atomic E-state index is 0.0271. The zero-order valence-corrected chi connectivity index (χ0v) is 38.0. The Morgan fingerprint density at radius 2 is 1.60 bits per heavy atom. The summed E-state index contributed by atoms with van der Waals surface area (Å²) in [6.45, 7) is 2.51. The highest BCUT2D eigenvalue weighted by Crippen LogP contribution is 2.61. The van der Waals surface area contributed by atoms with E-state index in [2.05, 4.69) is 41.3 Å². The number of carbonyl (C=O) groups is 3. The number of amides is 2. The highest BCUT2D eigenvalue weighted by atomic mass is 32.2. The predicted molar refractivity (Wildman–Crippen MR) is 220 cm³/mol. The van der Waals surface area contributed by atoms with Gasteiger partial charge in [0.25, 0.3) is 0 Å². The van der Waals surface area contributed by atoms with Crippen LogP contribution in [0.15, 0.2) is 12.7 Å².